The molecule has 0 spiro atoms. The normalized spacial score (nSPS) is 11.1. The van der Waals surface area contributed by atoms with E-state index in [1.165, 1.54) is 0 Å². The van der Waals surface area contributed by atoms with Crippen molar-refractivity contribution in [2.75, 3.05) is 0 Å². The molecule has 0 aliphatic carbocycles. The lowest BCUT2D eigenvalue weighted by molar-refractivity contribution is 1.07. The van der Waals surface area contributed by atoms with Gasteiger partial charge in [0.15, 0.2) is 5.65 Å². The fraction of sp³-hybridized carbons (Fsp3) is 0.154. The van der Waals surface area contributed by atoms with Crippen molar-refractivity contribution in [2.45, 2.75) is 13.8 Å². The zero-order chi connectivity index (χ0) is 13.6. The van der Waals surface area contributed by atoms with E-state index in [0.717, 1.165) is 16.7 Å². The molecule has 3 aromatic rings. The fourth-order valence-corrected chi connectivity index (χ4v) is 2.24. The Morgan fingerprint density at radius 1 is 1.00 bits per heavy atom. The topological polar surface area (TPSA) is 94.4 Å². The lowest BCUT2D eigenvalue weighted by Gasteiger charge is -2.05. The van der Waals surface area contributed by atoms with Crippen molar-refractivity contribution in [3.63, 3.8) is 0 Å². The molecule has 19 heavy (non-hydrogen) atoms. The van der Waals surface area contributed by atoms with Crippen LogP contribution in [0.3, 0.4) is 0 Å². The number of fused-ring (bicyclic) bond motifs is 1. The van der Waals surface area contributed by atoms with Crippen molar-refractivity contribution in [3.05, 3.63) is 50.2 Å². The predicted molar refractivity (Wildman–Crippen MR) is 72.2 cm³/mol. The number of nitrogens with zero attached hydrogens (tertiary/aromatic N) is 1. The molecule has 2 heterocycles. The molecule has 0 radical (unpaired) electrons. The third kappa shape index (κ3) is 1.77. The standard InChI is InChI=1S/C13H12N4O2/c1-6-4-3-5-7(2)8(6)10-14-9-11(15-10)16-13(19)17-12(9)18/h3-5H,1-2H3,(H3,14,15,16,17,18,19). The number of benzene rings is 1. The lowest BCUT2D eigenvalue weighted by Crippen LogP contribution is -2.21. The van der Waals surface area contributed by atoms with Crippen LogP contribution in [-0.2, 0) is 0 Å². The largest absolute Gasteiger partial charge is 0.332 e. The maximum absolute atomic E-state index is 11.7. The van der Waals surface area contributed by atoms with E-state index < -0.39 is 11.2 Å². The van der Waals surface area contributed by atoms with Gasteiger partial charge < -0.3 is 4.98 Å². The van der Waals surface area contributed by atoms with E-state index in [2.05, 4.69) is 19.9 Å². The maximum atomic E-state index is 11.7. The number of imidazole rings is 1. The summed E-state index contributed by atoms with van der Waals surface area (Å²) in [6.45, 7) is 3.95. The number of nitrogens with one attached hydrogen (secondary N) is 3. The van der Waals surface area contributed by atoms with Gasteiger partial charge in [-0.2, -0.15) is 0 Å². The summed E-state index contributed by atoms with van der Waals surface area (Å²) in [6.07, 6.45) is 0. The molecular weight excluding hydrogens is 244 g/mol. The minimum atomic E-state index is -0.558. The van der Waals surface area contributed by atoms with E-state index >= 15 is 0 Å². The molecule has 0 fully saturated rings. The number of H-pyrrole nitrogens is 3. The van der Waals surface area contributed by atoms with E-state index in [-0.39, 0.29) is 11.2 Å². The summed E-state index contributed by atoms with van der Waals surface area (Å²) < 4.78 is 0. The van der Waals surface area contributed by atoms with Crippen LogP contribution in [0, 0.1) is 13.8 Å². The summed E-state index contributed by atoms with van der Waals surface area (Å²) in [5, 5.41) is 0. The van der Waals surface area contributed by atoms with Gasteiger partial charge in [0.25, 0.3) is 5.56 Å². The van der Waals surface area contributed by atoms with Crippen molar-refractivity contribution in [2.24, 2.45) is 0 Å². The van der Waals surface area contributed by atoms with Crippen LogP contribution in [0.5, 0.6) is 0 Å². The first-order valence-corrected chi connectivity index (χ1v) is 5.85. The van der Waals surface area contributed by atoms with Crippen LogP contribution in [-0.4, -0.2) is 19.9 Å². The molecule has 3 rings (SSSR count). The second kappa shape index (κ2) is 3.94. The molecule has 0 aliphatic rings. The van der Waals surface area contributed by atoms with Crippen LogP contribution in [0.4, 0.5) is 0 Å². The van der Waals surface area contributed by atoms with Crippen LogP contribution >= 0.6 is 0 Å². The van der Waals surface area contributed by atoms with Gasteiger partial charge >= 0.3 is 5.69 Å². The molecule has 0 bridgehead atoms. The summed E-state index contributed by atoms with van der Waals surface area (Å²) in [7, 11) is 0. The van der Waals surface area contributed by atoms with Gasteiger partial charge in [0.2, 0.25) is 0 Å². The Balaban J connectivity index is 2.36. The molecular formula is C13H12N4O2. The van der Waals surface area contributed by atoms with Crippen LogP contribution in [0.25, 0.3) is 22.6 Å². The summed E-state index contributed by atoms with van der Waals surface area (Å²) >= 11 is 0. The smallest absolute Gasteiger partial charge is 0.327 e. The second-order valence-electron chi connectivity index (χ2n) is 4.48. The van der Waals surface area contributed by atoms with Crippen molar-refractivity contribution in [1.29, 1.82) is 0 Å². The molecule has 3 N–H and O–H groups in total. The lowest BCUT2D eigenvalue weighted by atomic mass is 10.0. The minimum absolute atomic E-state index is 0.270. The summed E-state index contributed by atoms with van der Waals surface area (Å²) in [6, 6.07) is 5.91. The number of hydrogen-bond donors (Lipinski definition) is 3. The van der Waals surface area contributed by atoms with Gasteiger partial charge in [-0.05, 0) is 25.0 Å². The monoisotopic (exact) mass is 256 g/mol. The van der Waals surface area contributed by atoms with Gasteiger partial charge in [-0.15, -0.1) is 0 Å². The Morgan fingerprint density at radius 2 is 1.68 bits per heavy atom. The minimum Gasteiger partial charge on any atom is -0.332 e. The highest BCUT2D eigenvalue weighted by Crippen LogP contribution is 2.25. The first kappa shape index (κ1) is 11.5. The van der Waals surface area contributed by atoms with Gasteiger partial charge in [0.05, 0.1) is 0 Å². The molecule has 0 saturated heterocycles. The molecule has 1 aromatic carbocycles. The zero-order valence-corrected chi connectivity index (χ0v) is 10.5. The Bertz CT molecular complexity index is 865. The van der Waals surface area contributed by atoms with Crippen LogP contribution in [0.1, 0.15) is 11.1 Å². The quantitative estimate of drug-likeness (QED) is 0.611. The van der Waals surface area contributed by atoms with Gasteiger partial charge in [-0.25, -0.2) is 9.78 Å². The molecule has 96 valence electrons. The number of aryl methyl sites for hydroxylation is 2. The third-order valence-electron chi connectivity index (χ3n) is 3.11. The highest BCUT2D eigenvalue weighted by Gasteiger charge is 2.12. The molecule has 2 aromatic heterocycles. The molecule has 6 nitrogen and oxygen atoms in total. The summed E-state index contributed by atoms with van der Waals surface area (Å²) in [5.74, 6) is 0.581. The van der Waals surface area contributed by atoms with E-state index in [1.54, 1.807) is 0 Å². The first-order chi connectivity index (χ1) is 9.06. The van der Waals surface area contributed by atoms with Crippen molar-refractivity contribution in [3.8, 4) is 11.4 Å². The van der Waals surface area contributed by atoms with Crippen LogP contribution in [0.15, 0.2) is 27.8 Å². The molecule has 0 unspecified atom stereocenters. The van der Waals surface area contributed by atoms with Crippen molar-refractivity contribution < 1.29 is 0 Å². The van der Waals surface area contributed by atoms with Crippen molar-refractivity contribution in [1.82, 2.24) is 19.9 Å². The second-order valence-corrected chi connectivity index (χ2v) is 4.48. The van der Waals surface area contributed by atoms with Crippen molar-refractivity contribution >= 4 is 11.2 Å². The van der Waals surface area contributed by atoms with Crippen LogP contribution < -0.4 is 11.2 Å². The predicted octanol–water partition coefficient (Wildman–Crippen LogP) is 1.22. The fourth-order valence-electron chi connectivity index (χ4n) is 2.24. The summed E-state index contributed by atoms with van der Waals surface area (Å²) in [4.78, 5) is 34.8. The molecule has 6 heteroatoms. The number of rotatable bonds is 1. The van der Waals surface area contributed by atoms with E-state index in [1.807, 2.05) is 32.0 Å². The Kier molecular flexibility index (Phi) is 2.38. The maximum Gasteiger partial charge on any atom is 0.327 e. The molecule has 0 aliphatic heterocycles. The number of aromatic nitrogens is 4. The van der Waals surface area contributed by atoms with E-state index in [4.69, 9.17) is 0 Å². The Labute approximate surface area is 107 Å². The van der Waals surface area contributed by atoms with Gasteiger partial charge in [-0.1, -0.05) is 18.2 Å². The average molecular weight is 256 g/mol. The molecule has 0 atom stereocenters. The van der Waals surface area contributed by atoms with Crippen LogP contribution in [0.2, 0.25) is 0 Å². The Hall–Kier alpha value is -2.63. The average Bonchev–Trinajstić information content (AvgIpc) is 2.72. The van der Waals surface area contributed by atoms with Gasteiger partial charge in [0.1, 0.15) is 11.3 Å². The van der Waals surface area contributed by atoms with Gasteiger partial charge in [0, 0.05) is 5.56 Å². The van der Waals surface area contributed by atoms with E-state index in [0.29, 0.717) is 5.82 Å². The summed E-state index contributed by atoms with van der Waals surface area (Å²) in [5.41, 5.74) is 2.57. The third-order valence-corrected chi connectivity index (χ3v) is 3.11. The number of aromatic amines is 3. The Morgan fingerprint density at radius 3 is 2.37 bits per heavy atom. The molecule has 0 amide bonds. The SMILES string of the molecule is Cc1cccc(C)c1-c1nc2[nH]c(=O)[nH]c(=O)c2[nH]1. The zero-order valence-electron chi connectivity index (χ0n) is 10.5. The highest BCUT2D eigenvalue weighted by atomic mass is 16.2. The number of hydrogen-bond acceptors (Lipinski definition) is 3. The first-order valence-electron chi connectivity index (χ1n) is 5.85. The molecule has 0 saturated carbocycles. The van der Waals surface area contributed by atoms with Gasteiger partial charge in [-0.3, -0.25) is 14.8 Å². The van der Waals surface area contributed by atoms with E-state index in [9.17, 15) is 9.59 Å². The highest BCUT2D eigenvalue weighted by molar-refractivity contribution is 5.76.